The zero-order chi connectivity index (χ0) is 20.4. The molecule has 28 heavy (non-hydrogen) atoms. The van der Waals surface area contributed by atoms with Crippen LogP contribution in [0.25, 0.3) is 0 Å². The number of nitrogens with zero attached hydrogens (tertiary/aromatic N) is 3. The van der Waals surface area contributed by atoms with E-state index in [0.717, 1.165) is 29.5 Å². The van der Waals surface area contributed by atoms with Crippen LogP contribution < -0.4 is 15.4 Å². The van der Waals surface area contributed by atoms with Crippen molar-refractivity contribution in [1.82, 2.24) is 20.5 Å². The number of aryl methyl sites for hydroxylation is 1. The van der Waals surface area contributed by atoms with Gasteiger partial charge >= 0.3 is 0 Å². The van der Waals surface area contributed by atoms with Crippen molar-refractivity contribution < 1.29 is 9.53 Å². The van der Waals surface area contributed by atoms with Crippen LogP contribution in [0.2, 0.25) is 0 Å². The predicted molar refractivity (Wildman–Crippen MR) is 114 cm³/mol. The van der Waals surface area contributed by atoms with E-state index in [-0.39, 0.29) is 12.5 Å². The lowest BCUT2D eigenvalue weighted by Crippen LogP contribution is -2.36. The summed E-state index contributed by atoms with van der Waals surface area (Å²) in [6.45, 7) is 6.12. The average Bonchev–Trinajstić information content (AvgIpc) is 3.16. The van der Waals surface area contributed by atoms with Gasteiger partial charge in [0.05, 0.1) is 13.1 Å². The Morgan fingerprint density at radius 1 is 1.29 bits per heavy atom. The number of carbonyl (C=O) groups excluding carboxylic acids is 1. The highest BCUT2D eigenvalue weighted by atomic mass is 32.1. The molecule has 0 bridgehead atoms. The molecule has 0 saturated heterocycles. The van der Waals surface area contributed by atoms with Gasteiger partial charge in [-0.25, -0.2) is 9.98 Å². The van der Waals surface area contributed by atoms with Crippen molar-refractivity contribution in [1.29, 1.82) is 0 Å². The van der Waals surface area contributed by atoms with Crippen molar-refractivity contribution >= 4 is 23.2 Å². The molecule has 0 aliphatic rings. The van der Waals surface area contributed by atoms with Crippen LogP contribution in [-0.4, -0.2) is 49.0 Å². The number of nitrogens with one attached hydrogen (secondary N) is 2. The van der Waals surface area contributed by atoms with Crippen molar-refractivity contribution in [2.45, 2.75) is 33.4 Å². The summed E-state index contributed by atoms with van der Waals surface area (Å²) >= 11 is 1.72. The molecule has 152 valence electrons. The van der Waals surface area contributed by atoms with Crippen LogP contribution in [0.4, 0.5) is 0 Å². The van der Waals surface area contributed by atoms with Gasteiger partial charge in [-0.15, -0.1) is 11.3 Å². The summed E-state index contributed by atoms with van der Waals surface area (Å²) in [4.78, 5) is 23.5. The Morgan fingerprint density at radius 2 is 2.11 bits per heavy atom. The summed E-state index contributed by atoms with van der Waals surface area (Å²) in [6, 6.07) is 7.64. The molecular formula is C20H29N5O2S. The Labute approximate surface area is 170 Å². The van der Waals surface area contributed by atoms with Crippen LogP contribution in [0.5, 0.6) is 5.75 Å². The van der Waals surface area contributed by atoms with E-state index in [1.807, 2.05) is 37.4 Å². The maximum absolute atomic E-state index is 11.7. The van der Waals surface area contributed by atoms with Gasteiger partial charge in [0.15, 0.2) is 12.6 Å². The van der Waals surface area contributed by atoms with Gasteiger partial charge in [-0.1, -0.05) is 19.1 Å². The standard InChI is InChI=1S/C20H29N5O2S/c1-5-17-12-22-18(28-17)13-24-20(21-6-2)23-11-15-8-7-9-16(10-15)27-14-19(26)25(3)4/h7-10,12H,5-6,11,13-14H2,1-4H3,(H2,21,23,24). The molecular weight excluding hydrogens is 374 g/mol. The number of hydrogen-bond donors (Lipinski definition) is 2. The normalized spacial score (nSPS) is 11.2. The number of carbonyl (C=O) groups is 1. The summed E-state index contributed by atoms with van der Waals surface area (Å²) in [5, 5.41) is 7.61. The molecule has 1 aromatic carbocycles. The van der Waals surface area contributed by atoms with E-state index in [4.69, 9.17) is 4.74 Å². The average molecular weight is 404 g/mol. The fourth-order valence-corrected chi connectivity index (χ4v) is 3.07. The number of benzene rings is 1. The highest BCUT2D eigenvalue weighted by Gasteiger charge is 2.06. The van der Waals surface area contributed by atoms with Gasteiger partial charge in [0.25, 0.3) is 5.91 Å². The number of guanidine groups is 1. The molecule has 2 aromatic rings. The van der Waals surface area contributed by atoms with E-state index in [0.29, 0.717) is 18.8 Å². The van der Waals surface area contributed by atoms with E-state index in [2.05, 4.69) is 27.5 Å². The van der Waals surface area contributed by atoms with Crippen LogP contribution in [0.3, 0.4) is 0 Å². The second-order valence-corrected chi connectivity index (χ2v) is 7.55. The van der Waals surface area contributed by atoms with Gasteiger partial charge in [-0.05, 0) is 31.0 Å². The quantitative estimate of drug-likeness (QED) is 0.497. The van der Waals surface area contributed by atoms with Gasteiger partial charge in [0, 0.05) is 31.7 Å². The molecule has 2 rings (SSSR count). The lowest BCUT2D eigenvalue weighted by atomic mass is 10.2. The maximum Gasteiger partial charge on any atom is 0.259 e. The smallest absolute Gasteiger partial charge is 0.259 e. The summed E-state index contributed by atoms with van der Waals surface area (Å²) < 4.78 is 5.56. The fraction of sp³-hybridized carbons (Fsp3) is 0.450. The van der Waals surface area contributed by atoms with E-state index in [1.54, 1.807) is 25.4 Å². The third kappa shape index (κ3) is 7.19. The van der Waals surface area contributed by atoms with Gasteiger partial charge in [-0.3, -0.25) is 4.79 Å². The fourth-order valence-electron chi connectivity index (χ4n) is 2.27. The molecule has 1 heterocycles. The first-order chi connectivity index (χ1) is 13.5. The van der Waals surface area contributed by atoms with Crippen LogP contribution in [0.15, 0.2) is 35.5 Å². The van der Waals surface area contributed by atoms with Gasteiger partial charge in [0.2, 0.25) is 0 Å². The molecule has 0 aliphatic carbocycles. The lowest BCUT2D eigenvalue weighted by Gasteiger charge is -2.12. The Hall–Kier alpha value is -2.61. The number of thiazole rings is 1. The third-order valence-corrected chi connectivity index (χ3v) is 5.02. The molecule has 0 atom stereocenters. The number of hydrogen-bond acceptors (Lipinski definition) is 5. The zero-order valence-corrected chi connectivity index (χ0v) is 17.8. The Balaban J connectivity index is 1.93. The summed E-state index contributed by atoms with van der Waals surface area (Å²) in [7, 11) is 3.42. The molecule has 1 amide bonds. The number of ether oxygens (including phenoxy) is 1. The molecule has 8 heteroatoms. The van der Waals surface area contributed by atoms with E-state index in [9.17, 15) is 4.79 Å². The first-order valence-corrected chi connectivity index (χ1v) is 10.2. The number of likely N-dealkylation sites (N-methyl/N-ethyl adjacent to an activating group) is 1. The van der Waals surface area contributed by atoms with E-state index >= 15 is 0 Å². The third-order valence-electron chi connectivity index (χ3n) is 3.88. The van der Waals surface area contributed by atoms with Gasteiger partial charge in [-0.2, -0.15) is 0 Å². The lowest BCUT2D eigenvalue weighted by molar-refractivity contribution is -0.130. The predicted octanol–water partition coefficient (Wildman–Crippen LogP) is 2.43. The maximum atomic E-state index is 11.7. The van der Waals surface area contributed by atoms with Crippen molar-refractivity contribution in [2.24, 2.45) is 4.99 Å². The summed E-state index contributed by atoms with van der Waals surface area (Å²) in [5.41, 5.74) is 1.01. The summed E-state index contributed by atoms with van der Waals surface area (Å²) in [6.07, 6.45) is 2.93. The molecule has 0 spiro atoms. The molecule has 2 N–H and O–H groups in total. The first kappa shape index (κ1) is 21.7. The van der Waals surface area contributed by atoms with E-state index < -0.39 is 0 Å². The Kier molecular flexibility index (Phi) is 8.74. The molecule has 7 nitrogen and oxygen atoms in total. The Morgan fingerprint density at radius 3 is 2.79 bits per heavy atom. The minimum absolute atomic E-state index is 0.0253. The number of rotatable bonds is 9. The molecule has 0 fully saturated rings. The number of aromatic nitrogens is 1. The monoisotopic (exact) mass is 403 g/mol. The second-order valence-electron chi connectivity index (χ2n) is 6.35. The highest BCUT2D eigenvalue weighted by Crippen LogP contribution is 2.15. The largest absolute Gasteiger partial charge is 0.484 e. The van der Waals surface area contributed by atoms with Crippen molar-refractivity contribution in [3.05, 3.63) is 45.9 Å². The highest BCUT2D eigenvalue weighted by molar-refractivity contribution is 7.11. The van der Waals surface area contributed by atoms with Crippen molar-refractivity contribution in [3.63, 3.8) is 0 Å². The first-order valence-electron chi connectivity index (χ1n) is 9.39. The van der Waals surface area contributed by atoms with Gasteiger partial charge < -0.3 is 20.3 Å². The number of aliphatic imine (C=N–C) groups is 1. The summed E-state index contributed by atoms with van der Waals surface area (Å²) in [5.74, 6) is 1.33. The van der Waals surface area contributed by atoms with E-state index in [1.165, 1.54) is 9.78 Å². The van der Waals surface area contributed by atoms with Crippen LogP contribution in [0, 0.1) is 0 Å². The minimum Gasteiger partial charge on any atom is -0.484 e. The van der Waals surface area contributed by atoms with Gasteiger partial charge in [0.1, 0.15) is 10.8 Å². The van der Waals surface area contributed by atoms with Crippen LogP contribution in [0.1, 0.15) is 29.3 Å². The molecule has 1 aromatic heterocycles. The van der Waals surface area contributed by atoms with Crippen LogP contribution >= 0.6 is 11.3 Å². The number of amides is 1. The van der Waals surface area contributed by atoms with Crippen LogP contribution in [-0.2, 0) is 24.3 Å². The minimum atomic E-state index is -0.0736. The second kappa shape index (κ2) is 11.3. The molecule has 0 unspecified atom stereocenters. The molecule has 0 radical (unpaired) electrons. The topological polar surface area (TPSA) is 78.9 Å². The Bertz CT molecular complexity index is 788. The molecule has 0 saturated carbocycles. The van der Waals surface area contributed by atoms with Crippen molar-refractivity contribution in [3.8, 4) is 5.75 Å². The SMILES string of the molecule is CCNC(=NCc1cccc(OCC(=O)N(C)C)c1)NCc1ncc(CC)s1. The zero-order valence-electron chi connectivity index (χ0n) is 17.0. The van der Waals surface area contributed by atoms with Crippen molar-refractivity contribution in [2.75, 3.05) is 27.2 Å². The molecule has 0 aliphatic heterocycles.